The van der Waals surface area contributed by atoms with E-state index >= 15 is 0 Å². The summed E-state index contributed by atoms with van der Waals surface area (Å²) in [4.78, 5) is 10.5. The Morgan fingerprint density at radius 2 is 2.09 bits per heavy atom. The van der Waals surface area contributed by atoms with Gasteiger partial charge in [0, 0.05) is 6.61 Å². The number of hydrogen-bond donors (Lipinski definition) is 0. The second kappa shape index (κ2) is 2.81. The largest absolute Gasteiger partial charge is 0.450 e. The van der Waals surface area contributed by atoms with E-state index in [9.17, 15) is 18.0 Å². The molecule has 0 aliphatic carbocycles. The zero-order chi connectivity index (χ0) is 8.48. The van der Waals surface area contributed by atoms with Gasteiger partial charge in [0.25, 0.3) is 0 Å². The molecule has 1 rings (SSSR count). The topological polar surface area (TPSA) is 26.3 Å². The number of ether oxygens (including phenoxy) is 1. The molecule has 0 aromatic carbocycles. The van der Waals surface area contributed by atoms with Crippen molar-refractivity contribution in [1.82, 2.24) is 0 Å². The molecule has 2 nitrogen and oxygen atoms in total. The smallest absolute Gasteiger partial charge is 0.381 e. The van der Waals surface area contributed by atoms with Crippen molar-refractivity contribution >= 4 is 5.78 Å². The highest BCUT2D eigenvalue weighted by Gasteiger charge is 2.44. The number of hydrogen-bond acceptors (Lipinski definition) is 2. The van der Waals surface area contributed by atoms with Crippen molar-refractivity contribution in [2.75, 3.05) is 13.2 Å². The van der Waals surface area contributed by atoms with Gasteiger partial charge in [-0.15, -0.1) is 0 Å². The summed E-state index contributed by atoms with van der Waals surface area (Å²) in [5, 5.41) is 0. The van der Waals surface area contributed by atoms with E-state index in [0.29, 0.717) is 0 Å². The minimum atomic E-state index is -4.70. The first-order valence-corrected chi connectivity index (χ1v) is 3.20. The van der Waals surface area contributed by atoms with Crippen LogP contribution in [0.4, 0.5) is 13.2 Å². The van der Waals surface area contributed by atoms with Gasteiger partial charge < -0.3 is 4.74 Å². The predicted molar refractivity (Wildman–Crippen MR) is 30.0 cm³/mol. The fourth-order valence-electron chi connectivity index (χ4n) is 0.973. The van der Waals surface area contributed by atoms with Gasteiger partial charge in [-0.25, -0.2) is 0 Å². The Bertz CT molecular complexity index is 158. The van der Waals surface area contributed by atoms with E-state index in [4.69, 9.17) is 0 Å². The van der Waals surface area contributed by atoms with Crippen molar-refractivity contribution in [3.8, 4) is 0 Å². The quantitative estimate of drug-likeness (QED) is 0.587. The highest BCUT2D eigenvalue weighted by atomic mass is 19.4. The zero-order valence-corrected chi connectivity index (χ0v) is 5.65. The lowest BCUT2D eigenvalue weighted by Gasteiger charge is -2.08. The summed E-state index contributed by atoms with van der Waals surface area (Å²) in [5.74, 6) is -2.62. The van der Waals surface area contributed by atoms with Crippen molar-refractivity contribution in [1.29, 1.82) is 0 Å². The van der Waals surface area contributed by atoms with Gasteiger partial charge in [0.1, 0.15) is 0 Å². The summed E-state index contributed by atoms with van der Waals surface area (Å²) in [5.41, 5.74) is 0. The second-order valence-corrected chi connectivity index (χ2v) is 2.42. The molecule has 1 atom stereocenters. The van der Waals surface area contributed by atoms with Crippen molar-refractivity contribution < 1.29 is 22.7 Å². The Balaban J connectivity index is 2.53. The first-order chi connectivity index (χ1) is 5.02. The molecule has 0 unspecified atom stereocenters. The molecule has 1 aliphatic heterocycles. The van der Waals surface area contributed by atoms with Crippen molar-refractivity contribution in [2.24, 2.45) is 5.92 Å². The van der Waals surface area contributed by atoms with Gasteiger partial charge in [0.05, 0.1) is 12.5 Å². The van der Waals surface area contributed by atoms with Crippen LogP contribution in [0.1, 0.15) is 6.42 Å². The maximum atomic E-state index is 11.7. The van der Waals surface area contributed by atoms with Gasteiger partial charge in [-0.1, -0.05) is 0 Å². The van der Waals surface area contributed by atoms with E-state index in [1.54, 1.807) is 0 Å². The van der Waals surface area contributed by atoms with Gasteiger partial charge in [-0.2, -0.15) is 13.2 Å². The predicted octanol–water partition coefficient (Wildman–Crippen LogP) is 1.15. The summed E-state index contributed by atoms with van der Waals surface area (Å²) < 4.78 is 39.7. The molecule has 1 aliphatic rings. The van der Waals surface area contributed by atoms with Crippen LogP contribution < -0.4 is 0 Å². The van der Waals surface area contributed by atoms with Crippen LogP contribution in [0.15, 0.2) is 0 Å². The molecule has 0 saturated carbocycles. The molecule has 1 fully saturated rings. The third-order valence-electron chi connectivity index (χ3n) is 1.58. The molecule has 0 amide bonds. The van der Waals surface area contributed by atoms with Crippen molar-refractivity contribution in [3.05, 3.63) is 0 Å². The SMILES string of the molecule is O=C([C@@H]1CCOC1)C(F)(F)F. The van der Waals surface area contributed by atoms with Crippen molar-refractivity contribution in [2.45, 2.75) is 12.6 Å². The molecule has 0 aromatic heterocycles. The van der Waals surface area contributed by atoms with Gasteiger partial charge >= 0.3 is 6.18 Å². The normalized spacial score (nSPS) is 25.5. The van der Waals surface area contributed by atoms with E-state index in [2.05, 4.69) is 4.74 Å². The molecule has 64 valence electrons. The van der Waals surface area contributed by atoms with Crippen LogP contribution in [-0.2, 0) is 9.53 Å². The third kappa shape index (κ3) is 1.92. The lowest BCUT2D eigenvalue weighted by atomic mass is 10.0. The number of ketones is 1. The van der Waals surface area contributed by atoms with E-state index in [-0.39, 0.29) is 19.6 Å². The Hall–Kier alpha value is -0.580. The zero-order valence-electron chi connectivity index (χ0n) is 5.65. The third-order valence-corrected chi connectivity index (χ3v) is 1.58. The second-order valence-electron chi connectivity index (χ2n) is 2.42. The number of carbonyl (C=O) groups is 1. The lowest BCUT2D eigenvalue weighted by Crippen LogP contribution is -2.30. The van der Waals surface area contributed by atoms with Crippen LogP contribution in [0.25, 0.3) is 0 Å². The maximum Gasteiger partial charge on any atom is 0.450 e. The highest BCUT2D eigenvalue weighted by Crippen LogP contribution is 2.25. The fourth-order valence-corrected chi connectivity index (χ4v) is 0.973. The molecule has 5 heteroatoms. The standard InChI is InChI=1S/C6H7F3O2/c7-6(8,9)5(10)4-1-2-11-3-4/h4H,1-3H2/t4-/m1/s1. The van der Waals surface area contributed by atoms with Gasteiger partial charge in [0.2, 0.25) is 5.78 Å². The molecule has 0 N–H and O–H groups in total. The van der Waals surface area contributed by atoms with Crippen LogP contribution in [0.5, 0.6) is 0 Å². The molecule has 1 heterocycles. The molecule has 0 aromatic rings. The number of Topliss-reactive ketones (excluding diaryl/α,β-unsaturated/α-hetero) is 1. The minimum absolute atomic E-state index is 0.0850. The number of rotatable bonds is 1. The van der Waals surface area contributed by atoms with Crippen LogP contribution in [0, 0.1) is 5.92 Å². The Labute approximate surface area is 61.3 Å². The Morgan fingerprint density at radius 3 is 2.45 bits per heavy atom. The molecular weight excluding hydrogens is 161 g/mol. The molecule has 0 spiro atoms. The fraction of sp³-hybridized carbons (Fsp3) is 0.833. The monoisotopic (exact) mass is 168 g/mol. The summed E-state index contributed by atoms with van der Waals surface area (Å²) >= 11 is 0. The molecule has 1 saturated heterocycles. The average molecular weight is 168 g/mol. The summed E-state index contributed by atoms with van der Waals surface area (Å²) in [6.07, 6.45) is -4.50. The maximum absolute atomic E-state index is 11.7. The number of carbonyl (C=O) groups excluding carboxylic acids is 1. The summed E-state index contributed by atoms with van der Waals surface area (Å²) in [6, 6.07) is 0. The highest BCUT2D eigenvalue weighted by molar-refractivity contribution is 5.86. The summed E-state index contributed by atoms with van der Waals surface area (Å²) in [6.45, 7) is 0.171. The first-order valence-electron chi connectivity index (χ1n) is 3.20. The van der Waals surface area contributed by atoms with E-state index < -0.39 is 17.9 Å². The van der Waals surface area contributed by atoms with Gasteiger partial charge in [0.15, 0.2) is 0 Å². The van der Waals surface area contributed by atoms with Crippen LogP contribution in [0.3, 0.4) is 0 Å². The number of alkyl halides is 3. The molecule has 0 bridgehead atoms. The van der Waals surface area contributed by atoms with E-state index in [1.807, 2.05) is 0 Å². The molecule has 11 heavy (non-hydrogen) atoms. The Kier molecular flexibility index (Phi) is 2.17. The Morgan fingerprint density at radius 1 is 1.45 bits per heavy atom. The van der Waals surface area contributed by atoms with E-state index in [0.717, 1.165) is 0 Å². The van der Waals surface area contributed by atoms with Gasteiger partial charge in [-0.05, 0) is 6.42 Å². The average Bonchev–Trinajstić information content (AvgIpc) is 2.34. The molecular formula is C6H7F3O2. The lowest BCUT2D eigenvalue weighted by molar-refractivity contribution is -0.175. The van der Waals surface area contributed by atoms with Crippen LogP contribution in [0.2, 0.25) is 0 Å². The minimum Gasteiger partial charge on any atom is -0.381 e. The first kappa shape index (κ1) is 8.52. The van der Waals surface area contributed by atoms with Gasteiger partial charge in [-0.3, -0.25) is 4.79 Å². The van der Waals surface area contributed by atoms with Crippen LogP contribution in [-0.4, -0.2) is 25.2 Å². The van der Waals surface area contributed by atoms with Crippen molar-refractivity contribution in [3.63, 3.8) is 0 Å². The number of halogens is 3. The molecule has 0 radical (unpaired) electrons. The van der Waals surface area contributed by atoms with Crippen LogP contribution >= 0.6 is 0 Å². The van der Waals surface area contributed by atoms with E-state index in [1.165, 1.54) is 0 Å². The summed E-state index contributed by atoms with van der Waals surface area (Å²) in [7, 11) is 0.